The second kappa shape index (κ2) is 8.56. The van der Waals surface area contributed by atoms with Gasteiger partial charge in [-0.05, 0) is 24.3 Å². The van der Waals surface area contributed by atoms with Crippen LogP contribution in [-0.2, 0) is 9.53 Å². The summed E-state index contributed by atoms with van der Waals surface area (Å²) in [5.41, 5.74) is 1.46. The largest absolute Gasteiger partial charge is 0.378 e. The Morgan fingerprint density at radius 2 is 1.96 bits per heavy atom. The van der Waals surface area contributed by atoms with Gasteiger partial charge >= 0.3 is 0 Å². The quantitative estimate of drug-likeness (QED) is 0.795. The van der Waals surface area contributed by atoms with Crippen molar-refractivity contribution in [3.8, 4) is 0 Å². The highest BCUT2D eigenvalue weighted by atomic mass is 35.5. The van der Waals surface area contributed by atoms with Gasteiger partial charge in [0, 0.05) is 18.0 Å². The Morgan fingerprint density at radius 1 is 1.20 bits per heavy atom. The molecule has 0 atom stereocenters. The average molecular weight is 381 g/mol. The second-order valence-electron chi connectivity index (χ2n) is 5.50. The van der Waals surface area contributed by atoms with Crippen LogP contribution in [0, 0.1) is 5.82 Å². The first-order chi connectivity index (χ1) is 12.1. The standard InChI is InChI=1S/C18H18ClFN2O2S/c19-13-4-3-6-15(18(13)22-8-10-24-11-9-22)21-17(23)12-25-16-7-2-1-5-14(16)20/h1-7H,8-12H2,(H,21,23). The van der Waals surface area contributed by atoms with Crippen molar-refractivity contribution in [1.29, 1.82) is 0 Å². The van der Waals surface area contributed by atoms with Crippen LogP contribution in [0.3, 0.4) is 0 Å². The molecule has 1 aliphatic rings. The van der Waals surface area contributed by atoms with Crippen molar-refractivity contribution < 1.29 is 13.9 Å². The predicted molar refractivity (Wildman–Crippen MR) is 100 cm³/mol. The van der Waals surface area contributed by atoms with Gasteiger partial charge in [-0.2, -0.15) is 0 Å². The Balaban J connectivity index is 1.68. The molecule has 4 nitrogen and oxygen atoms in total. The van der Waals surface area contributed by atoms with Crippen LogP contribution in [0.5, 0.6) is 0 Å². The topological polar surface area (TPSA) is 41.6 Å². The molecule has 25 heavy (non-hydrogen) atoms. The summed E-state index contributed by atoms with van der Waals surface area (Å²) in [5.74, 6) is -0.405. The fraction of sp³-hybridized carbons (Fsp3) is 0.278. The molecule has 1 aliphatic heterocycles. The number of thioether (sulfide) groups is 1. The fourth-order valence-corrected chi connectivity index (χ4v) is 3.65. The van der Waals surface area contributed by atoms with Gasteiger partial charge in [0.05, 0.1) is 35.4 Å². The molecule has 2 aromatic carbocycles. The molecule has 3 rings (SSSR count). The molecule has 2 aromatic rings. The number of carbonyl (C=O) groups is 1. The smallest absolute Gasteiger partial charge is 0.234 e. The first-order valence-electron chi connectivity index (χ1n) is 7.93. The van der Waals surface area contributed by atoms with E-state index in [0.717, 1.165) is 18.8 Å². The van der Waals surface area contributed by atoms with Crippen LogP contribution in [0.25, 0.3) is 0 Å². The SMILES string of the molecule is O=C(CSc1ccccc1F)Nc1cccc(Cl)c1N1CCOCC1. The highest BCUT2D eigenvalue weighted by Gasteiger charge is 2.19. The number of halogens is 2. The molecule has 0 unspecified atom stereocenters. The van der Waals surface area contributed by atoms with E-state index in [0.29, 0.717) is 28.8 Å². The third kappa shape index (κ3) is 4.66. The van der Waals surface area contributed by atoms with Gasteiger partial charge in [0.15, 0.2) is 0 Å². The van der Waals surface area contributed by atoms with Crippen molar-refractivity contribution in [3.63, 3.8) is 0 Å². The summed E-state index contributed by atoms with van der Waals surface area (Å²) in [6.45, 7) is 2.69. The van der Waals surface area contributed by atoms with E-state index >= 15 is 0 Å². The van der Waals surface area contributed by atoms with E-state index in [1.807, 2.05) is 6.07 Å². The van der Waals surface area contributed by atoms with Crippen molar-refractivity contribution in [3.05, 3.63) is 53.3 Å². The molecule has 1 fully saturated rings. The summed E-state index contributed by atoms with van der Waals surface area (Å²) < 4.78 is 19.0. The van der Waals surface area contributed by atoms with Gasteiger partial charge in [-0.25, -0.2) is 4.39 Å². The van der Waals surface area contributed by atoms with E-state index in [9.17, 15) is 9.18 Å². The van der Waals surface area contributed by atoms with Crippen molar-refractivity contribution in [2.24, 2.45) is 0 Å². The first kappa shape index (κ1) is 18.0. The van der Waals surface area contributed by atoms with E-state index in [4.69, 9.17) is 16.3 Å². The van der Waals surface area contributed by atoms with Gasteiger partial charge in [-0.1, -0.05) is 29.8 Å². The van der Waals surface area contributed by atoms with Crippen LogP contribution in [-0.4, -0.2) is 38.0 Å². The highest BCUT2D eigenvalue weighted by Crippen LogP contribution is 2.34. The molecule has 0 bridgehead atoms. The van der Waals surface area contributed by atoms with Crippen LogP contribution < -0.4 is 10.2 Å². The zero-order valence-corrected chi connectivity index (χ0v) is 15.1. The zero-order valence-electron chi connectivity index (χ0n) is 13.5. The second-order valence-corrected chi connectivity index (χ2v) is 6.93. The molecule has 0 radical (unpaired) electrons. The maximum absolute atomic E-state index is 13.6. The maximum Gasteiger partial charge on any atom is 0.234 e. The zero-order chi connectivity index (χ0) is 17.6. The van der Waals surface area contributed by atoms with Crippen molar-refractivity contribution in [2.45, 2.75) is 4.90 Å². The number of nitrogens with one attached hydrogen (secondary N) is 1. The average Bonchev–Trinajstić information content (AvgIpc) is 2.62. The number of rotatable bonds is 5. The number of morpholine rings is 1. The van der Waals surface area contributed by atoms with E-state index < -0.39 is 0 Å². The normalized spacial score (nSPS) is 14.4. The monoisotopic (exact) mass is 380 g/mol. The highest BCUT2D eigenvalue weighted by molar-refractivity contribution is 8.00. The Labute approximate surface area is 155 Å². The molecule has 132 valence electrons. The molecule has 0 aliphatic carbocycles. The Hall–Kier alpha value is -1.76. The molecule has 0 spiro atoms. The number of hydrogen-bond acceptors (Lipinski definition) is 4. The lowest BCUT2D eigenvalue weighted by Crippen LogP contribution is -2.37. The first-order valence-corrected chi connectivity index (χ1v) is 9.30. The minimum Gasteiger partial charge on any atom is -0.378 e. The van der Waals surface area contributed by atoms with E-state index in [2.05, 4.69) is 10.2 Å². The van der Waals surface area contributed by atoms with Gasteiger partial charge in [0.2, 0.25) is 5.91 Å². The van der Waals surface area contributed by atoms with Crippen LogP contribution >= 0.6 is 23.4 Å². The summed E-state index contributed by atoms with van der Waals surface area (Å²) >= 11 is 7.52. The summed E-state index contributed by atoms with van der Waals surface area (Å²) in [5, 5.41) is 3.47. The molecular formula is C18H18ClFN2O2S. The van der Waals surface area contributed by atoms with Crippen LogP contribution in [0.15, 0.2) is 47.4 Å². The number of amides is 1. The van der Waals surface area contributed by atoms with E-state index in [1.54, 1.807) is 30.3 Å². The molecule has 7 heteroatoms. The minimum atomic E-state index is -0.322. The van der Waals surface area contributed by atoms with Gasteiger partial charge in [0.25, 0.3) is 0 Å². The third-order valence-corrected chi connectivity index (χ3v) is 5.14. The lowest BCUT2D eigenvalue weighted by atomic mass is 10.2. The van der Waals surface area contributed by atoms with Crippen molar-refractivity contribution in [2.75, 3.05) is 42.3 Å². The number of ether oxygens (including phenoxy) is 1. The molecule has 1 N–H and O–H groups in total. The van der Waals surface area contributed by atoms with E-state index in [1.165, 1.54) is 17.8 Å². The Morgan fingerprint density at radius 3 is 2.72 bits per heavy atom. The molecular weight excluding hydrogens is 363 g/mol. The number of carbonyl (C=O) groups excluding carboxylic acids is 1. The van der Waals surface area contributed by atoms with Crippen molar-refractivity contribution in [1.82, 2.24) is 0 Å². The van der Waals surface area contributed by atoms with Gasteiger partial charge in [-0.3, -0.25) is 4.79 Å². The lowest BCUT2D eigenvalue weighted by Gasteiger charge is -2.31. The number of benzene rings is 2. The lowest BCUT2D eigenvalue weighted by molar-refractivity contribution is -0.113. The maximum atomic E-state index is 13.6. The molecule has 1 amide bonds. The molecule has 1 heterocycles. The number of hydrogen-bond donors (Lipinski definition) is 1. The number of para-hydroxylation sites is 1. The number of anilines is 2. The summed E-state index contributed by atoms with van der Waals surface area (Å²) in [6.07, 6.45) is 0. The van der Waals surface area contributed by atoms with Gasteiger partial charge in [0.1, 0.15) is 5.82 Å². The Kier molecular flexibility index (Phi) is 6.18. The number of nitrogens with zero attached hydrogens (tertiary/aromatic N) is 1. The van der Waals surface area contributed by atoms with Gasteiger partial charge < -0.3 is 15.0 Å². The Bertz CT molecular complexity index is 754. The summed E-state index contributed by atoms with van der Waals surface area (Å²) in [7, 11) is 0. The van der Waals surface area contributed by atoms with Gasteiger partial charge in [-0.15, -0.1) is 11.8 Å². The van der Waals surface area contributed by atoms with E-state index in [-0.39, 0.29) is 17.5 Å². The summed E-state index contributed by atoms with van der Waals surface area (Å²) in [6, 6.07) is 11.8. The third-order valence-electron chi connectivity index (χ3n) is 3.78. The predicted octanol–water partition coefficient (Wildman–Crippen LogP) is 4.05. The molecule has 0 aromatic heterocycles. The van der Waals surface area contributed by atoms with Crippen LogP contribution in [0.1, 0.15) is 0 Å². The van der Waals surface area contributed by atoms with Crippen LogP contribution in [0.4, 0.5) is 15.8 Å². The summed E-state index contributed by atoms with van der Waals surface area (Å²) in [4.78, 5) is 14.9. The molecule has 0 saturated carbocycles. The minimum absolute atomic E-state index is 0.121. The molecule has 1 saturated heterocycles. The van der Waals surface area contributed by atoms with Crippen LogP contribution in [0.2, 0.25) is 5.02 Å². The van der Waals surface area contributed by atoms with Crippen molar-refractivity contribution >= 4 is 40.6 Å². The fourth-order valence-electron chi connectivity index (χ4n) is 2.62.